The van der Waals surface area contributed by atoms with Gasteiger partial charge in [-0.05, 0) is 24.6 Å². The molecule has 0 saturated carbocycles. The zero-order chi connectivity index (χ0) is 17.3. The number of nitrogens with zero attached hydrogens (tertiary/aromatic N) is 3. The molecule has 0 fully saturated rings. The molecule has 0 saturated heterocycles. The molecule has 0 aliphatic carbocycles. The summed E-state index contributed by atoms with van der Waals surface area (Å²) in [5.41, 5.74) is 0.615. The van der Waals surface area contributed by atoms with Crippen molar-refractivity contribution in [1.82, 2.24) is 14.4 Å². The topological polar surface area (TPSA) is 82.7 Å². The van der Waals surface area contributed by atoms with E-state index in [1.165, 1.54) is 12.3 Å². The number of benzene rings is 1. The molecular weight excluding hydrogens is 325 g/mol. The van der Waals surface area contributed by atoms with Gasteiger partial charge in [0.2, 0.25) is 0 Å². The van der Waals surface area contributed by atoms with E-state index in [1.54, 1.807) is 4.40 Å². The molecule has 6 nitrogen and oxygen atoms in total. The number of anilines is 1. The smallest absolute Gasteiger partial charge is 0.396 e. The van der Waals surface area contributed by atoms with Crippen molar-refractivity contribution in [2.75, 3.05) is 18.5 Å². The molecule has 24 heavy (non-hydrogen) atoms. The molecule has 0 unspecified atom stereocenters. The Balaban J connectivity index is 2.23. The van der Waals surface area contributed by atoms with Crippen molar-refractivity contribution in [2.45, 2.75) is 19.2 Å². The normalized spacial score (nSPS) is 12.2. The van der Waals surface area contributed by atoms with Crippen molar-refractivity contribution in [3.05, 3.63) is 35.7 Å². The lowest BCUT2D eigenvalue weighted by Gasteiger charge is -2.12. The van der Waals surface area contributed by atoms with E-state index in [0.29, 0.717) is 35.6 Å². The van der Waals surface area contributed by atoms with Gasteiger partial charge in [-0.1, -0.05) is 0 Å². The van der Waals surface area contributed by atoms with Gasteiger partial charge in [-0.25, -0.2) is 9.97 Å². The summed E-state index contributed by atoms with van der Waals surface area (Å²) < 4.78 is 40.4. The summed E-state index contributed by atoms with van der Waals surface area (Å²) in [5.74, 6) is 0.301. The molecule has 0 atom stereocenters. The van der Waals surface area contributed by atoms with Gasteiger partial charge in [-0.3, -0.25) is 4.40 Å². The van der Waals surface area contributed by atoms with Crippen LogP contribution in [0.25, 0.3) is 16.7 Å². The third-order valence-corrected chi connectivity index (χ3v) is 3.61. The molecule has 3 rings (SSSR count). The summed E-state index contributed by atoms with van der Waals surface area (Å²) in [6, 6.07) is 3.26. The minimum atomic E-state index is -4.47. The first-order chi connectivity index (χ1) is 11.5. The number of rotatable bonds is 5. The number of aliphatic hydroxyl groups is 2. The molecule has 3 N–H and O–H groups in total. The first-order valence-electron chi connectivity index (χ1n) is 7.28. The van der Waals surface area contributed by atoms with Crippen LogP contribution in [-0.2, 0) is 12.8 Å². The number of aliphatic hydroxyl groups excluding tert-OH is 2. The Morgan fingerprint density at radius 1 is 1.21 bits per heavy atom. The van der Waals surface area contributed by atoms with Crippen LogP contribution in [0.1, 0.15) is 17.7 Å². The predicted octanol–water partition coefficient (Wildman–Crippen LogP) is 2.19. The molecule has 9 heteroatoms. The second-order valence-corrected chi connectivity index (χ2v) is 5.23. The van der Waals surface area contributed by atoms with E-state index in [4.69, 9.17) is 5.11 Å². The van der Waals surface area contributed by atoms with Crippen LogP contribution < -0.4 is 5.32 Å². The molecule has 2 aromatic heterocycles. The molecule has 128 valence electrons. The number of hydrogen-bond acceptors (Lipinski definition) is 5. The molecule has 0 spiro atoms. The van der Waals surface area contributed by atoms with Crippen LogP contribution in [0.4, 0.5) is 19.0 Å². The fraction of sp³-hybridized carbons (Fsp3) is 0.333. The Morgan fingerprint density at radius 2 is 2.00 bits per heavy atom. The maximum absolute atomic E-state index is 12.9. The molecule has 0 amide bonds. The van der Waals surface area contributed by atoms with E-state index in [9.17, 15) is 18.3 Å². The summed E-state index contributed by atoms with van der Waals surface area (Å²) in [5, 5.41) is 21.3. The Bertz CT molecular complexity index is 876. The van der Waals surface area contributed by atoms with Crippen molar-refractivity contribution < 1.29 is 23.4 Å². The van der Waals surface area contributed by atoms with E-state index in [2.05, 4.69) is 15.3 Å². The predicted molar refractivity (Wildman–Crippen MR) is 81.6 cm³/mol. The molecule has 0 aliphatic heterocycles. The number of alkyl halides is 3. The van der Waals surface area contributed by atoms with Gasteiger partial charge in [0.05, 0.1) is 35.1 Å². The van der Waals surface area contributed by atoms with Gasteiger partial charge < -0.3 is 15.5 Å². The maximum Gasteiger partial charge on any atom is 0.416 e. The van der Waals surface area contributed by atoms with Gasteiger partial charge in [0.1, 0.15) is 0 Å². The lowest BCUT2D eigenvalue weighted by molar-refractivity contribution is -0.137. The molecule has 0 bridgehead atoms. The monoisotopic (exact) mass is 340 g/mol. The number of imidazole rings is 1. The standard InChI is InChI=1S/C15H15F3N4O2/c16-15(17,18)9-2-3-12-11(6-9)21-13(19-4-1-5-23)14-20-7-10(8-24)22(12)14/h2-3,6-7,23-24H,1,4-5,8H2,(H,19,21). The maximum atomic E-state index is 12.9. The highest BCUT2D eigenvalue weighted by molar-refractivity contribution is 5.84. The second kappa shape index (κ2) is 6.25. The van der Waals surface area contributed by atoms with Crippen molar-refractivity contribution in [2.24, 2.45) is 0 Å². The third-order valence-electron chi connectivity index (χ3n) is 3.61. The molecule has 2 heterocycles. The molecule has 0 radical (unpaired) electrons. The molecule has 0 aliphatic rings. The Morgan fingerprint density at radius 3 is 2.67 bits per heavy atom. The fourth-order valence-electron chi connectivity index (χ4n) is 2.49. The van der Waals surface area contributed by atoms with Crippen molar-refractivity contribution >= 4 is 22.5 Å². The Kier molecular flexibility index (Phi) is 4.29. The van der Waals surface area contributed by atoms with Crippen molar-refractivity contribution in [1.29, 1.82) is 0 Å². The quantitative estimate of drug-likeness (QED) is 0.620. The van der Waals surface area contributed by atoms with E-state index in [0.717, 1.165) is 12.1 Å². The van der Waals surface area contributed by atoms with E-state index < -0.39 is 11.7 Å². The summed E-state index contributed by atoms with van der Waals surface area (Å²) in [6.07, 6.45) is -2.56. The van der Waals surface area contributed by atoms with Gasteiger partial charge in [-0.2, -0.15) is 13.2 Å². The van der Waals surface area contributed by atoms with Gasteiger partial charge >= 0.3 is 6.18 Å². The van der Waals surface area contributed by atoms with Gasteiger partial charge in [0.25, 0.3) is 0 Å². The van der Waals surface area contributed by atoms with Crippen LogP contribution in [0.2, 0.25) is 0 Å². The number of fused-ring (bicyclic) bond motifs is 3. The number of hydrogen-bond donors (Lipinski definition) is 3. The lowest BCUT2D eigenvalue weighted by atomic mass is 10.2. The van der Waals surface area contributed by atoms with Crippen LogP contribution in [-0.4, -0.2) is 37.7 Å². The number of nitrogens with one attached hydrogen (secondary N) is 1. The largest absolute Gasteiger partial charge is 0.416 e. The summed E-state index contributed by atoms with van der Waals surface area (Å²) in [4.78, 5) is 8.42. The average Bonchev–Trinajstić information content (AvgIpc) is 2.98. The van der Waals surface area contributed by atoms with E-state index in [1.807, 2.05) is 0 Å². The highest BCUT2D eigenvalue weighted by Gasteiger charge is 2.31. The van der Waals surface area contributed by atoms with Crippen LogP contribution in [0.15, 0.2) is 24.4 Å². The van der Waals surface area contributed by atoms with Crippen LogP contribution in [0, 0.1) is 0 Å². The fourth-order valence-corrected chi connectivity index (χ4v) is 2.49. The first kappa shape index (κ1) is 16.5. The molecular formula is C15H15F3N4O2. The molecule has 3 aromatic rings. The Hall–Kier alpha value is -2.39. The van der Waals surface area contributed by atoms with E-state index in [-0.39, 0.29) is 18.7 Å². The van der Waals surface area contributed by atoms with Crippen molar-refractivity contribution in [3.8, 4) is 0 Å². The number of aromatic nitrogens is 3. The average molecular weight is 340 g/mol. The third kappa shape index (κ3) is 2.87. The van der Waals surface area contributed by atoms with Crippen LogP contribution in [0.3, 0.4) is 0 Å². The zero-order valence-corrected chi connectivity index (χ0v) is 12.5. The number of halogens is 3. The SMILES string of the molecule is OCCCNc1nc2cc(C(F)(F)F)ccc2n2c(CO)cnc12. The van der Waals surface area contributed by atoms with Crippen LogP contribution >= 0.6 is 0 Å². The summed E-state index contributed by atoms with van der Waals surface area (Å²) >= 11 is 0. The summed E-state index contributed by atoms with van der Waals surface area (Å²) in [7, 11) is 0. The first-order valence-corrected chi connectivity index (χ1v) is 7.28. The highest BCUT2D eigenvalue weighted by Crippen LogP contribution is 2.32. The second-order valence-electron chi connectivity index (χ2n) is 5.23. The van der Waals surface area contributed by atoms with Gasteiger partial charge in [0, 0.05) is 13.2 Å². The minimum absolute atomic E-state index is 0.0224. The highest BCUT2D eigenvalue weighted by atomic mass is 19.4. The lowest BCUT2D eigenvalue weighted by Crippen LogP contribution is -2.09. The Labute approximate surface area is 134 Å². The minimum Gasteiger partial charge on any atom is -0.396 e. The molecule has 1 aromatic carbocycles. The van der Waals surface area contributed by atoms with Crippen LogP contribution in [0.5, 0.6) is 0 Å². The van der Waals surface area contributed by atoms with E-state index >= 15 is 0 Å². The van der Waals surface area contributed by atoms with Crippen molar-refractivity contribution in [3.63, 3.8) is 0 Å². The van der Waals surface area contributed by atoms with Gasteiger partial charge in [0.15, 0.2) is 11.5 Å². The zero-order valence-electron chi connectivity index (χ0n) is 12.5. The van der Waals surface area contributed by atoms with Gasteiger partial charge in [-0.15, -0.1) is 0 Å². The summed E-state index contributed by atoms with van der Waals surface area (Å²) in [6.45, 7) is 0.0632.